The molecule has 0 radical (unpaired) electrons. The quantitative estimate of drug-likeness (QED) is 0.0287. The van der Waals surface area contributed by atoms with E-state index in [2.05, 4.69) is 26.1 Å². The van der Waals surface area contributed by atoms with Crippen LogP contribution in [0.1, 0.15) is 226 Å². The predicted molar refractivity (Wildman–Crippen MR) is 247 cm³/mol. The molecule has 6 atom stereocenters. The molecule has 1 amide bonds. The molecule has 1 heterocycles. The Labute approximate surface area is 385 Å². The zero-order valence-electron chi connectivity index (χ0n) is 40.2. The van der Waals surface area contributed by atoms with E-state index in [0.29, 0.717) is 19.4 Å². The number of carbonyl (C=O) groups is 2. The third kappa shape index (κ3) is 30.9. The fraction of sp³-hybridized carbons (Fsp3) is 0.958. The average molecular weight is 944 g/mol. The summed E-state index contributed by atoms with van der Waals surface area (Å²) in [7, 11) is -5.31. The monoisotopic (exact) mass is 944 g/mol. The van der Waals surface area contributed by atoms with Crippen molar-refractivity contribution in [3.8, 4) is 0 Å². The van der Waals surface area contributed by atoms with Gasteiger partial charge in [-0.15, -0.1) is 0 Å². The van der Waals surface area contributed by atoms with E-state index in [1.807, 2.05) is 0 Å². The number of halogens is 2. The lowest BCUT2D eigenvalue weighted by atomic mass is 9.95. The summed E-state index contributed by atoms with van der Waals surface area (Å²) in [4.78, 5) is 44.6. The van der Waals surface area contributed by atoms with Gasteiger partial charge >= 0.3 is 19.7 Å². The largest absolute Gasteiger partial charge is 0.480 e. The molecule has 1 saturated heterocycles. The molecule has 0 aromatic heterocycles. The van der Waals surface area contributed by atoms with Crippen molar-refractivity contribution in [1.29, 1.82) is 0 Å². The number of aliphatic hydroxyl groups excluding tert-OH is 1. The second-order valence-corrected chi connectivity index (χ2v) is 19.2. The number of ether oxygens (including phenoxy) is 4. The normalized spacial score (nSPS) is 19.8. The Morgan fingerprint density at radius 1 is 0.641 bits per heavy atom. The number of carboxylic acids is 1. The zero-order chi connectivity index (χ0) is 47.3. The van der Waals surface area contributed by atoms with Crippen LogP contribution < -0.4 is 5.32 Å². The maximum Gasteiger partial charge on any atom is 0.470 e. The second kappa shape index (κ2) is 38.7. The van der Waals surface area contributed by atoms with Gasteiger partial charge in [0.05, 0.1) is 12.7 Å². The summed E-state index contributed by atoms with van der Waals surface area (Å²) in [5.41, 5.74) is 0. The predicted octanol–water partition coefficient (Wildman–Crippen LogP) is 11.7. The van der Waals surface area contributed by atoms with Crippen LogP contribution in [0.4, 0.5) is 8.78 Å². The number of hydrogen-bond donors (Lipinski definition) is 5. The summed E-state index contributed by atoms with van der Waals surface area (Å²) in [6.45, 7) is 5.19. The first-order chi connectivity index (χ1) is 30.8. The van der Waals surface area contributed by atoms with E-state index in [4.69, 9.17) is 23.5 Å². The second-order valence-electron chi connectivity index (χ2n) is 18.0. The molecule has 64 heavy (non-hydrogen) atoms. The number of rotatable bonds is 45. The van der Waals surface area contributed by atoms with Gasteiger partial charge in [0.1, 0.15) is 31.0 Å². The average Bonchev–Trinajstić information content (AvgIpc) is 3.25. The van der Waals surface area contributed by atoms with Gasteiger partial charge in [0.25, 0.3) is 5.91 Å². The topological polar surface area (TPSA) is 190 Å². The van der Waals surface area contributed by atoms with E-state index in [0.717, 1.165) is 77.0 Å². The molecule has 1 aliphatic heterocycles. The standard InChI is InChI=1S/C48H92F2NO12P/c1-4-7-10-13-16-19-22-25-28-31-35-48(49,50)47(55)51-43-45(44(63-64(56,57)58)41(38-52)62-46(43)61-39-42(53)54)60-37-34-40(33-30-27-24-21-18-15-12-9-6-3)59-36-32-29-26-23-20-17-14-11-8-5-2/h40-41,43-46,52H,4-39H2,1-3H3,(H,51,55)(H,53,54)(H2,56,57,58)/t40-,41-,43-,44-,45-,46+/m1/s1. The van der Waals surface area contributed by atoms with Crippen molar-refractivity contribution in [2.75, 3.05) is 26.4 Å². The Hall–Kier alpha value is -1.29. The minimum absolute atomic E-state index is 0.0896. The highest BCUT2D eigenvalue weighted by atomic mass is 31.2. The van der Waals surface area contributed by atoms with Gasteiger partial charge in [0, 0.05) is 19.6 Å². The minimum atomic E-state index is -5.31. The van der Waals surface area contributed by atoms with Crippen molar-refractivity contribution in [1.82, 2.24) is 5.32 Å². The van der Waals surface area contributed by atoms with Crippen molar-refractivity contribution in [3.05, 3.63) is 0 Å². The number of aliphatic hydroxyl groups is 1. The summed E-state index contributed by atoms with van der Waals surface area (Å²) < 4.78 is 71.9. The van der Waals surface area contributed by atoms with Crippen LogP contribution in [0.15, 0.2) is 0 Å². The molecule has 13 nitrogen and oxygen atoms in total. The Bertz CT molecular complexity index is 1180. The van der Waals surface area contributed by atoms with Crippen LogP contribution in [-0.4, -0.2) is 101 Å². The van der Waals surface area contributed by atoms with E-state index in [9.17, 15) is 34.2 Å². The van der Waals surface area contributed by atoms with E-state index >= 15 is 8.78 Å². The van der Waals surface area contributed by atoms with Gasteiger partial charge in [0.2, 0.25) is 0 Å². The Kier molecular flexibility index (Phi) is 36.7. The molecule has 380 valence electrons. The molecule has 0 bridgehead atoms. The first-order valence-corrected chi connectivity index (χ1v) is 27.1. The summed E-state index contributed by atoms with van der Waals surface area (Å²) in [5, 5.41) is 21.8. The van der Waals surface area contributed by atoms with Gasteiger partial charge in [-0.05, 0) is 25.7 Å². The Morgan fingerprint density at radius 3 is 1.55 bits per heavy atom. The van der Waals surface area contributed by atoms with E-state index in [1.54, 1.807) is 0 Å². The summed E-state index contributed by atoms with van der Waals surface area (Å²) >= 11 is 0. The highest BCUT2D eigenvalue weighted by Gasteiger charge is 2.52. The number of phosphoric ester groups is 1. The third-order valence-corrected chi connectivity index (χ3v) is 12.7. The summed E-state index contributed by atoms with van der Waals surface area (Å²) in [6.07, 6.45) is 24.9. The number of amides is 1. The number of nitrogens with one attached hydrogen (secondary N) is 1. The first-order valence-electron chi connectivity index (χ1n) is 25.5. The molecular formula is C48H92F2NO12P. The Balaban J connectivity index is 3.09. The van der Waals surface area contributed by atoms with Gasteiger partial charge in [-0.1, -0.05) is 194 Å². The van der Waals surface area contributed by atoms with Crippen LogP contribution in [0.5, 0.6) is 0 Å². The minimum Gasteiger partial charge on any atom is -0.480 e. The van der Waals surface area contributed by atoms with Gasteiger partial charge < -0.3 is 44.3 Å². The molecule has 16 heteroatoms. The fourth-order valence-electron chi connectivity index (χ4n) is 8.36. The van der Waals surface area contributed by atoms with Crippen molar-refractivity contribution in [3.63, 3.8) is 0 Å². The van der Waals surface area contributed by atoms with E-state index in [-0.39, 0.29) is 19.1 Å². The number of unbranched alkanes of at least 4 members (excludes halogenated alkanes) is 26. The lowest BCUT2D eigenvalue weighted by Gasteiger charge is -2.45. The van der Waals surface area contributed by atoms with Crippen LogP contribution in [0, 0.1) is 0 Å². The number of carbonyl (C=O) groups excluding carboxylic acids is 1. The molecule has 0 aliphatic carbocycles. The van der Waals surface area contributed by atoms with Crippen molar-refractivity contribution >= 4 is 19.7 Å². The van der Waals surface area contributed by atoms with Crippen LogP contribution in [-0.2, 0) is 37.6 Å². The van der Waals surface area contributed by atoms with Crippen molar-refractivity contribution in [2.24, 2.45) is 0 Å². The van der Waals surface area contributed by atoms with Crippen molar-refractivity contribution < 1.29 is 66.4 Å². The fourth-order valence-corrected chi connectivity index (χ4v) is 8.93. The smallest absolute Gasteiger partial charge is 0.470 e. The van der Waals surface area contributed by atoms with Gasteiger partial charge in [-0.25, -0.2) is 9.36 Å². The molecule has 1 fully saturated rings. The van der Waals surface area contributed by atoms with Crippen LogP contribution in [0.2, 0.25) is 0 Å². The first kappa shape index (κ1) is 60.7. The molecule has 5 N–H and O–H groups in total. The number of alkyl halides is 2. The maximum atomic E-state index is 15.5. The number of aliphatic carboxylic acids is 1. The number of phosphoric acid groups is 1. The molecule has 1 rings (SSSR count). The van der Waals surface area contributed by atoms with Gasteiger partial charge in [-0.3, -0.25) is 9.32 Å². The van der Waals surface area contributed by atoms with Crippen LogP contribution in [0.25, 0.3) is 0 Å². The molecule has 0 saturated carbocycles. The molecule has 0 spiro atoms. The van der Waals surface area contributed by atoms with E-state index in [1.165, 1.54) is 103 Å². The van der Waals surface area contributed by atoms with Crippen LogP contribution >= 0.6 is 7.82 Å². The summed E-state index contributed by atoms with van der Waals surface area (Å²) in [5.74, 6) is -6.97. The lowest BCUT2D eigenvalue weighted by Crippen LogP contribution is -2.67. The molecule has 0 aromatic carbocycles. The third-order valence-electron chi connectivity index (χ3n) is 12.2. The SMILES string of the molecule is CCCCCCCCCCCCO[C@H](CCCCCCCCCCC)CCO[C@@H]1[C@@H](NC(=O)C(F)(F)CCCCCCCCCCCC)[C@@H](OCC(=O)O)O[C@H](CO)[C@H]1OP(=O)(O)O. The number of carboxylic acid groups (broad SMARTS) is 1. The zero-order valence-corrected chi connectivity index (χ0v) is 41.1. The molecule has 0 aromatic rings. The lowest BCUT2D eigenvalue weighted by molar-refractivity contribution is -0.275. The molecule has 1 aliphatic rings. The molecule has 0 unspecified atom stereocenters. The highest BCUT2D eigenvalue weighted by molar-refractivity contribution is 7.46. The summed E-state index contributed by atoms with van der Waals surface area (Å²) in [6, 6.07) is -1.70. The Morgan fingerprint density at radius 2 is 1.09 bits per heavy atom. The molecular weight excluding hydrogens is 851 g/mol. The number of hydrogen-bond acceptors (Lipinski definition) is 9. The van der Waals surface area contributed by atoms with Gasteiger partial charge in [-0.2, -0.15) is 8.78 Å². The van der Waals surface area contributed by atoms with Gasteiger partial charge in [0.15, 0.2) is 6.29 Å². The van der Waals surface area contributed by atoms with E-state index < -0.39 is 75.9 Å². The van der Waals surface area contributed by atoms with Crippen LogP contribution in [0.3, 0.4) is 0 Å². The highest BCUT2D eigenvalue weighted by Crippen LogP contribution is 2.42. The van der Waals surface area contributed by atoms with Crippen molar-refractivity contribution in [2.45, 2.75) is 269 Å². The maximum absolute atomic E-state index is 15.5.